The van der Waals surface area contributed by atoms with Crippen molar-refractivity contribution in [2.75, 3.05) is 18.6 Å². The fraction of sp³-hybridized carbons (Fsp3) is 0.241. The van der Waals surface area contributed by atoms with E-state index in [-0.39, 0.29) is 41.1 Å². The molecule has 0 saturated heterocycles. The van der Waals surface area contributed by atoms with Crippen LogP contribution in [0.1, 0.15) is 63.2 Å². The van der Waals surface area contributed by atoms with Crippen LogP contribution >= 0.6 is 0 Å². The number of aromatic nitrogens is 4. The van der Waals surface area contributed by atoms with Crippen LogP contribution in [0.2, 0.25) is 0 Å². The zero-order valence-electron chi connectivity index (χ0n) is 23.0. The van der Waals surface area contributed by atoms with Crippen LogP contribution in [0.5, 0.6) is 0 Å². The smallest absolute Gasteiger partial charge is 0.357 e. The van der Waals surface area contributed by atoms with Crippen LogP contribution in [0.3, 0.4) is 0 Å². The number of ether oxygens (including phenoxy) is 1. The molecule has 0 radical (unpaired) electrons. The number of methoxy groups -OCH3 is 1. The second kappa shape index (κ2) is 12.9. The van der Waals surface area contributed by atoms with Gasteiger partial charge in [-0.3, -0.25) is 4.79 Å². The monoisotopic (exact) mass is 544 g/mol. The molecule has 2 aromatic carbocycles. The van der Waals surface area contributed by atoms with Crippen molar-refractivity contribution in [2.45, 2.75) is 40.4 Å². The van der Waals surface area contributed by atoms with Gasteiger partial charge in [0.2, 0.25) is 0 Å². The summed E-state index contributed by atoms with van der Waals surface area (Å²) in [5.41, 5.74) is 16.0. The van der Waals surface area contributed by atoms with E-state index in [2.05, 4.69) is 24.7 Å². The third-order valence-electron chi connectivity index (χ3n) is 5.91. The van der Waals surface area contributed by atoms with E-state index in [1.54, 1.807) is 6.92 Å². The number of ketones is 1. The Balaban J connectivity index is 0.000000222. The first-order chi connectivity index (χ1) is 19.0. The summed E-state index contributed by atoms with van der Waals surface area (Å²) in [6, 6.07) is 15.1. The molecule has 2 heterocycles. The highest BCUT2D eigenvalue weighted by Crippen LogP contribution is 2.26. The highest BCUT2D eigenvalue weighted by molar-refractivity contribution is 6.07. The topological polar surface area (TPSA) is 187 Å². The molecule has 0 aliphatic rings. The van der Waals surface area contributed by atoms with Crippen LogP contribution in [0.4, 0.5) is 11.6 Å². The maximum absolute atomic E-state index is 11.8. The van der Waals surface area contributed by atoms with E-state index < -0.39 is 12.1 Å². The summed E-state index contributed by atoms with van der Waals surface area (Å²) in [6.07, 6.45) is -0.811. The maximum Gasteiger partial charge on any atom is 0.357 e. The number of hydrogen-bond acceptors (Lipinski definition) is 11. The molecule has 2 aromatic heterocycles. The van der Waals surface area contributed by atoms with Gasteiger partial charge in [0.05, 0.1) is 31.1 Å². The van der Waals surface area contributed by atoms with Gasteiger partial charge in [-0.25, -0.2) is 24.7 Å². The van der Waals surface area contributed by atoms with Crippen LogP contribution in [-0.4, -0.2) is 49.0 Å². The average molecular weight is 545 g/mol. The fourth-order valence-electron chi connectivity index (χ4n) is 3.84. The lowest BCUT2D eigenvalue weighted by Crippen LogP contribution is -2.16. The average Bonchev–Trinajstić information content (AvgIpc) is 2.92. The number of carbonyl (C=O) groups is 2. The zero-order chi connectivity index (χ0) is 29.6. The van der Waals surface area contributed by atoms with Crippen molar-refractivity contribution < 1.29 is 24.5 Å². The molecule has 0 spiro atoms. The number of hydrogen-bond donors (Lipinski definition) is 4. The van der Waals surface area contributed by atoms with Gasteiger partial charge in [-0.1, -0.05) is 59.7 Å². The van der Waals surface area contributed by atoms with E-state index in [9.17, 15) is 19.8 Å². The number of nitrogens with two attached hydrogens (primary N) is 2. The minimum atomic E-state index is -0.811. The first kappa shape index (κ1) is 29.8. The maximum atomic E-state index is 11.8. The number of anilines is 2. The first-order valence-electron chi connectivity index (χ1n) is 12.3. The number of aliphatic hydroxyl groups is 2. The van der Waals surface area contributed by atoms with E-state index in [4.69, 9.17) is 11.5 Å². The number of nitrogens with zero attached hydrogens (tertiary/aromatic N) is 4. The Hall–Kier alpha value is -4.74. The highest BCUT2D eigenvalue weighted by Gasteiger charge is 2.23. The molecular formula is C29H32N6O5. The van der Waals surface area contributed by atoms with Crippen LogP contribution in [0.15, 0.2) is 48.5 Å². The van der Waals surface area contributed by atoms with Gasteiger partial charge in [0.15, 0.2) is 23.1 Å². The van der Waals surface area contributed by atoms with Gasteiger partial charge in [-0.2, -0.15) is 0 Å². The van der Waals surface area contributed by atoms with Crippen LogP contribution in [0.25, 0.3) is 22.8 Å². The number of aryl methyl sites for hydroxylation is 2. The Labute approximate surface area is 231 Å². The van der Waals surface area contributed by atoms with E-state index in [1.165, 1.54) is 14.0 Å². The lowest BCUT2D eigenvalue weighted by atomic mass is 10.1. The molecule has 11 heteroatoms. The third-order valence-corrected chi connectivity index (χ3v) is 5.91. The summed E-state index contributed by atoms with van der Waals surface area (Å²) in [6.45, 7) is 6.53. The summed E-state index contributed by atoms with van der Waals surface area (Å²) in [5, 5.41) is 19.0. The van der Waals surface area contributed by atoms with Crippen molar-refractivity contribution in [2.24, 2.45) is 0 Å². The van der Waals surface area contributed by atoms with Crippen molar-refractivity contribution in [3.8, 4) is 22.8 Å². The van der Waals surface area contributed by atoms with E-state index in [1.807, 2.05) is 62.4 Å². The molecule has 4 aromatic rings. The Morgan fingerprint density at radius 3 is 1.75 bits per heavy atom. The Bertz CT molecular complexity index is 1520. The van der Waals surface area contributed by atoms with Crippen LogP contribution in [0, 0.1) is 13.8 Å². The number of aliphatic hydroxyl groups excluding tert-OH is 2. The third kappa shape index (κ3) is 6.82. The predicted molar refractivity (Wildman–Crippen MR) is 151 cm³/mol. The number of esters is 1. The summed E-state index contributed by atoms with van der Waals surface area (Å²) in [4.78, 5) is 40.2. The molecular weight excluding hydrogens is 512 g/mol. The molecule has 0 saturated carbocycles. The minimum absolute atomic E-state index is 0.0160. The van der Waals surface area contributed by atoms with Gasteiger partial charge in [-0.15, -0.1) is 0 Å². The molecule has 0 bridgehead atoms. The molecule has 208 valence electrons. The molecule has 1 unspecified atom stereocenters. The summed E-state index contributed by atoms with van der Waals surface area (Å²) < 4.78 is 4.66. The molecule has 40 heavy (non-hydrogen) atoms. The zero-order valence-corrected chi connectivity index (χ0v) is 23.0. The fourth-order valence-corrected chi connectivity index (χ4v) is 3.84. The molecule has 1 atom stereocenters. The molecule has 4 rings (SSSR count). The standard InChI is InChI=1S/C15H15N3O3.C14H17N3O2/c1-8-4-6-10(7-5-8)14-17-12(15(20)21-3)11(9(2)19)13(16)18-14;1-8-3-5-10(6-4-8)14-16-11(7-18)12(9(2)19)13(15)17-14/h4-7H,1-3H3,(H2,16,17,18);3-6,9,18-19H,7H2,1-2H3,(H2,15,16,17). The van der Waals surface area contributed by atoms with Crippen LogP contribution in [-0.2, 0) is 11.3 Å². The second-order valence-corrected chi connectivity index (χ2v) is 9.06. The van der Waals surface area contributed by atoms with Crippen molar-refractivity contribution in [1.82, 2.24) is 19.9 Å². The predicted octanol–water partition coefficient (Wildman–Crippen LogP) is 3.60. The van der Waals surface area contributed by atoms with Gasteiger partial charge in [0.1, 0.15) is 11.6 Å². The van der Waals surface area contributed by atoms with Crippen molar-refractivity contribution in [1.29, 1.82) is 0 Å². The van der Waals surface area contributed by atoms with Crippen LogP contribution < -0.4 is 11.5 Å². The molecule has 0 aliphatic carbocycles. The van der Waals surface area contributed by atoms with E-state index in [0.29, 0.717) is 22.6 Å². The minimum Gasteiger partial charge on any atom is -0.464 e. The number of Topliss-reactive ketones (excluding diaryl/α,β-unsaturated/α-hetero) is 1. The van der Waals surface area contributed by atoms with Crippen molar-refractivity contribution in [3.63, 3.8) is 0 Å². The Morgan fingerprint density at radius 2 is 1.32 bits per heavy atom. The van der Waals surface area contributed by atoms with Gasteiger partial charge in [0, 0.05) is 16.7 Å². The van der Waals surface area contributed by atoms with E-state index >= 15 is 0 Å². The second-order valence-electron chi connectivity index (χ2n) is 9.06. The first-order valence-corrected chi connectivity index (χ1v) is 12.3. The quantitative estimate of drug-likeness (QED) is 0.205. The van der Waals surface area contributed by atoms with E-state index in [0.717, 1.165) is 16.7 Å². The molecule has 6 N–H and O–H groups in total. The summed E-state index contributed by atoms with van der Waals surface area (Å²) >= 11 is 0. The molecule has 11 nitrogen and oxygen atoms in total. The lowest BCUT2D eigenvalue weighted by Gasteiger charge is -2.13. The molecule has 0 fully saturated rings. The van der Waals surface area contributed by atoms with Gasteiger partial charge in [-0.05, 0) is 27.7 Å². The van der Waals surface area contributed by atoms with Crippen molar-refractivity contribution in [3.05, 3.63) is 82.2 Å². The highest BCUT2D eigenvalue weighted by atomic mass is 16.5. The molecule has 0 amide bonds. The summed E-state index contributed by atoms with van der Waals surface area (Å²) in [7, 11) is 1.22. The van der Waals surface area contributed by atoms with Crippen molar-refractivity contribution >= 4 is 23.4 Å². The Kier molecular flexibility index (Phi) is 9.59. The van der Waals surface area contributed by atoms with Gasteiger partial charge in [0.25, 0.3) is 0 Å². The Morgan fingerprint density at radius 1 is 0.850 bits per heavy atom. The number of benzene rings is 2. The number of carbonyl (C=O) groups excluding carboxylic acids is 2. The SMILES string of the molecule is COC(=O)c1nc(-c2ccc(C)cc2)nc(N)c1C(C)=O.Cc1ccc(-c2nc(N)c(C(C)O)c(CO)n2)cc1. The number of nitrogen functional groups attached to an aromatic ring is 2. The molecule has 0 aliphatic heterocycles. The lowest BCUT2D eigenvalue weighted by molar-refractivity contribution is 0.0590. The largest absolute Gasteiger partial charge is 0.464 e. The summed E-state index contributed by atoms with van der Waals surface area (Å²) in [5.74, 6) is -0.215. The normalized spacial score (nSPS) is 11.3. The number of rotatable bonds is 6. The van der Waals surface area contributed by atoms with Gasteiger partial charge >= 0.3 is 5.97 Å². The van der Waals surface area contributed by atoms with Gasteiger partial charge < -0.3 is 26.4 Å².